The number of nitrogens with zero attached hydrogens (tertiary/aromatic N) is 2. The zero-order valence-electron chi connectivity index (χ0n) is 15.7. The fraction of sp³-hybridized carbons (Fsp3) is 0.217. The van der Waals surface area contributed by atoms with Crippen molar-refractivity contribution in [3.05, 3.63) is 70.9 Å². The van der Waals surface area contributed by atoms with E-state index in [1.807, 2.05) is 29.7 Å². The minimum Gasteiger partial charge on any atom is -0.497 e. The molecular weight excluding hydrogens is 366 g/mol. The summed E-state index contributed by atoms with van der Waals surface area (Å²) < 4.78 is 5.39. The topological polar surface area (TPSA) is 47.0 Å². The third-order valence-electron chi connectivity index (χ3n) is 5.16. The summed E-state index contributed by atoms with van der Waals surface area (Å²) in [7, 11) is 1.71. The van der Waals surface area contributed by atoms with Crippen molar-refractivity contribution in [1.29, 1.82) is 0 Å². The van der Waals surface area contributed by atoms with Crippen molar-refractivity contribution < 1.29 is 4.74 Å². The number of hydrogen-bond donors (Lipinski definition) is 1. The SMILES string of the molecule is COc1cccc(-c2cc3c(s2)CCc2cnc(NC4=CCCC=C4)nc2-3)c1. The highest BCUT2D eigenvalue weighted by atomic mass is 32.1. The summed E-state index contributed by atoms with van der Waals surface area (Å²) in [5.41, 5.74) is 5.78. The summed E-state index contributed by atoms with van der Waals surface area (Å²) >= 11 is 1.85. The van der Waals surface area contributed by atoms with Gasteiger partial charge >= 0.3 is 0 Å². The number of aryl methyl sites for hydroxylation is 2. The van der Waals surface area contributed by atoms with Gasteiger partial charge in [0.2, 0.25) is 5.95 Å². The maximum atomic E-state index is 5.39. The lowest BCUT2D eigenvalue weighted by molar-refractivity contribution is 0.415. The summed E-state index contributed by atoms with van der Waals surface area (Å²) in [6.45, 7) is 0. The molecule has 2 aromatic heterocycles. The molecule has 0 atom stereocenters. The van der Waals surface area contributed by atoms with E-state index in [0.717, 1.165) is 42.8 Å². The summed E-state index contributed by atoms with van der Waals surface area (Å²) in [6.07, 6.45) is 12.6. The Bertz CT molecular complexity index is 1100. The lowest BCUT2D eigenvalue weighted by atomic mass is 9.96. The molecule has 0 fully saturated rings. The van der Waals surface area contributed by atoms with Crippen molar-refractivity contribution in [3.8, 4) is 27.4 Å². The first-order valence-electron chi connectivity index (χ1n) is 9.57. The van der Waals surface area contributed by atoms with Crippen LogP contribution >= 0.6 is 11.3 Å². The van der Waals surface area contributed by atoms with E-state index in [0.29, 0.717) is 5.95 Å². The Labute approximate surface area is 168 Å². The monoisotopic (exact) mass is 387 g/mol. The second-order valence-corrected chi connectivity index (χ2v) is 8.15. The van der Waals surface area contributed by atoms with Gasteiger partial charge in [-0.2, -0.15) is 0 Å². The molecule has 0 saturated heterocycles. The van der Waals surface area contributed by atoms with E-state index < -0.39 is 0 Å². The Hall–Kier alpha value is -2.92. The largest absolute Gasteiger partial charge is 0.497 e. The van der Waals surface area contributed by atoms with Crippen molar-refractivity contribution in [3.63, 3.8) is 0 Å². The van der Waals surface area contributed by atoms with Crippen molar-refractivity contribution in [1.82, 2.24) is 9.97 Å². The van der Waals surface area contributed by atoms with E-state index in [1.165, 1.54) is 26.4 Å². The number of thiophene rings is 1. The lowest BCUT2D eigenvalue weighted by Gasteiger charge is -2.16. The zero-order valence-corrected chi connectivity index (χ0v) is 16.6. The molecule has 1 aromatic carbocycles. The van der Waals surface area contributed by atoms with E-state index in [9.17, 15) is 0 Å². The number of benzene rings is 1. The fourth-order valence-electron chi connectivity index (χ4n) is 3.70. The van der Waals surface area contributed by atoms with Crippen molar-refractivity contribution in [2.75, 3.05) is 12.4 Å². The number of hydrogen-bond acceptors (Lipinski definition) is 5. The number of ether oxygens (including phenoxy) is 1. The molecule has 3 aromatic rings. The predicted molar refractivity (Wildman–Crippen MR) is 115 cm³/mol. The molecule has 0 radical (unpaired) electrons. The van der Waals surface area contributed by atoms with Gasteiger partial charge in [0, 0.05) is 27.2 Å². The summed E-state index contributed by atoms with van der Waals surface area (Å²) in [4.78, 5) is 12.1. The quantitative estimate of drug-likeness (QED) is 0.631. The summed E-state index contributed by atoms with van der Waals surface area (Å²) in [5, 5.41) is 3.35. The minimum absolute atomic E-state index is 0.665. The first kappa shape index (κ1) is 17.2. The van der Waals surface area contributed by atoms with Gasteiger partial charge in [-0.05, 0) is 61.1 Å². The van der Waals surface area contributed by atoms with Gasteiger partial charge < -0.3 is 10.1 Å². The Morgan fingerprint density at radius 3 is 2.96 bits per heavy atom. The van der Waals surface area contributed by atoms with E-state index >= 15 is 0 Å². The van der Waals surface area contributed by atoms with Gasteiger partial charge in [0.1, 0.15) is 5.75 Å². The van der Waals surface area contributed by atoms with Gasteiger partial charge in [0.05, 0.1) is 12.8 Å². The number of aromatic nitrogens is 2. The Balaban J connectivity index is 1.51. The molecule has 0 aliphatic heterocycles. The number of methoxy groups -OCH3 is 1. The van der Waals surface area contributed by atoms with E-state index in [1.54, 1.807) is 7.11 Å². The molecule has 0 saturated carbocycles. The van der Waals surface area contributed by atoms with E-state index in [4.69, 9.17) is 9.72 Å². The fourth-order valence-corrected chi connectivity index (χ4v) is 4.86. The number of anilines is 1. The number of rotatable bonds is 4. The standard InChI is InChI=1S/C23H21N3OS/c1-27-18-9-5-6-15(12-18)21-13-19-20(28-21)11-10-16-14-24-23(26-22(16)19)25-17-7-3-2-4-8-17/h3,5-9,12-14H,2,4,10-11H2,1H3,(H,24,25,26). The number of nitrogens with one attached hydrogen (secondary N) is 1. The van der Waals surface area contributed by atoms with Crippen LogP contribution in [0, 0.1) is 0 Å². The average molecular weight is 388 g/mol. The van der Waals surface area contributed by atoms with Gasteiger partial charge in [-0.3, -0.25) is 0 Å². The van der Waals surface area contributed by atoms with Crippen molar-refractivity contribution >= 4 is 17.3 Å². The molecule has 0 unspecified atom stereocenters. The number of fused-ring (bicyclic) bond motifs is 3. The Kier molecular flexibility index (Phi) is 4.45. The van der Waals surface area contributed by atoms with Crippen LogP contribution in [0.3, 0.4) is 0 Å². The molecule has 5 heteroatoms. The molecule has 5 rings (SSSR count). The van der Waals surface area contributed by atoms with Gasteiger partial charge in [-0.1, -0.05) is 24.3 Å². The van der Waals surface area contributed by atoms with E-state index in [-0.39, 0.29) is 0 Å². The van der Waals surface area contributed by atoms with Crippen LogP contribution in [0.5, 0.6) is 5.75 Å². The molecule has 2 aliphatic rings. The zero-order chi connectivity index (χ0) is 18.9. The number of allylic oxidation sites excluding steroid dienone is 3. The van der Waals surface area contributed by atoms with Crippen LogP contribution in [0.15, 0.2) is 60.5 Å². The third-order valence-corrected chi connectivity index (χ3v) is 6.40. The lowest BCUT2D eigenvalue weighted by Crippen LogP contribution is -2.08. The van der Waals surface area contributed by atoms with Gasteiger partial charge in [0.15, 0.2) is 0 Å². The minimum atomic E-state index is 0.665. The molecule has 0 spiro atoms. The molecule has 2 heterocycles. The molecule has 0 bridgehead atoms. The van der Waals surface area contributed by atoms with Crippen LogP contribution in [0.1, 0.15) is 23.3 Å². The van der Waals surface area contributed by atoms with Crippen molar-refractivity contribution in [2.24, 2.45) is 0 Å². The van der Waals surface area contributed by atoms with Gasteiger partial charge in [-0.25, -0.2) is 9.97 Å². The smallest absolute Gasteiger partial charge is 0.227 e. The van der Waals surface area contributed by atoms with Crippen LogP contribution in [0.4, 0.5) is 5.95 Å². The highest BCUT2D eigenvalue weighted by Crippen LogP contribution is 2.42. The Morgan fingerprint density at radius 2 is 2.11 bits per heavy atom. The van der Waals surface area contributed by atoms with Crippen LogP contribution < -0.4 is 10.1 Å². The first-order chi connectivity index (χ1) is 13.8. The van der Waals surface area contributed by atoms with Gasteiger partial charge in [0.25, 0.3) is 0 Å². The first-order valence-corrected chi connectivity index (χ1v) is 10.4. The molecule has 4 nitrogen and oxygen atoms in total. The maximum Gasteiger partial charge on any atom is 0.227 e. The highest BCUT2D eigenvalue weighted by Gasteiger charge is 2.22. The summed E-state index contributed by atoms with van der Waals surface area (Å²) in [5.74, 6) is 1.55. The maximum absolute atomic E-state index is 5.39. The molecule has 1 N–H and O–H groups in total. The molecule has 140 valence electrons. The highest BCUT2D eigenvalue weighted by molar-refractivity contribution is 7.16. The third kappa shape index (κ3) is 3.22. The van der Waals surface area contributed by atoms with Crippen molar-refractivity contribution in [2.45, 2.75) is 25.7 Å². The Morgan fingerprint density at radius 1 is 1.14 bits per heavy atom. The van der Waals surface area contributed by atoms with Gasteiger partial charge in [-0.15, -0.1) is 11.3 Å². The van der Waals surface area contributed by atoms with Crippen LogP contribution in [-0.4, -0.2) is 17.1 Å². The molecule has 28 heavy (non-hydrogen) atoms. The average Bonchev–Trinajstić information content (AvgIpc) is 3.19. The molecular formula is C23H21N3OS. The second-order valence-electron chi connectivity index (χ2n) is 7.01. The van der Waals surface area contributed by atoms with Crippen LogP contribution in [0.25, 0.3) is 21.7 Å². The van der Waals surface area contributed by atoms with E-state index in [2.05, 4.69) is 46.7 Å². The van der Waals surface area contributed by atoms with Crippen LogP contribution in [0.2, 0.25) is 0 Å². The molecule has 2 aliphatic carbocycles. The normalized spacial score (nSPS) is 14.8. The summed E-state index contributed by atoms with van der Waals surface area (Å²) in [6, 6.07) is 10.5. The van der Waals surface area contributed by atoms with Crippen LogP contribution in [-0.2, 0) is 12.8 Å². The second kappa shape index (κ2) is 7.24. The predicted octanol–water partition coefficient (Wildman–Crippen LogP) is 5.63. The molecule has 0 amide bonds.